The van der Waals surface area contributed by atoms with Crippen molar-refractivity contribution in [1.29, 1.82) is 0 Å². The van der Waals surface area contributed by atoms with Crippen LogP contribution in [0.25, 0.3) is 0 Å². The zero-order chi connectivity index (χ0) is 9.35. The predicted molar refractivity (Wildman–Crippen MR) is 47.9 cm³/mol. The minimum Gasteiger partial charge on any atom is -0.205 e. The van der Waals surface area contributed by atoms with Gasteiger partial charge >= 0.3 is 0 Å². The highest BCUT2D eigenvalue weighted by atomic mass is 32.2. The quantitative estimate of drug-likeness (QED) is 0.678. The first kappa shape index (κ1) is 9.95. The largest absolute Gasteiger partial charge is 0.279 e. The van der Waals surface area contributed by atoms with E-state index in [2.05, 4.69) is 11.6 Å². The first-order valence-electron chi connectivity index (χ1n) is 4.19. The number of nitrogens with one attached hydrogen (secondary N) is 1. The van der Waals surface area contributed by atoms with Gasteiger partial charge in [0.05, 0.1) is 0 Å². The van der Waals surface area contributed by atoms with E-state index >= 15 is 0 Å². The van der Waals surface area contributed by atoms with E-state index in [1.807, 2.05) is 6.92 Å². The molecule has 0 radical (unpaired) electrons. The van der Waals surface area contributed by atoms with Gasteiger partial charge in [-0.2, -0.15) is 12.7 Å². The van der Waals surface area contributed by atoms with Crippen LogP contribution in [0.2, 0.25) is 0 Å². The van der Waals surface area contributed by atoms with Crippen LogP contribution in [-0.2, 0) is 10.2 Å². The van der Waals surface area contributed by atoms with Gasteiger partial charge in [0, 0.05) is 19.6 Å². The minimum atomic E-state index is -3.20. The molecule has 4 nitrogen and oxygen atoms in total. The summed E-state index contributed by atoms with van der Waals surface area (Å²) in [4.78, 5) is 0. The molecular formula is C7H16N2O2S. The van der Waals surface area contributed by atoms with E-state index in [0.717, 1.165) is 6.42 Å². The highest BCUT2D eigenvalue weighted by molar-refractivity contribution is 7.87. The third kappa shape index (κ3) is 1.62. The van der Waals surface area contributed by atoms with Gasteiger partial charge < -0.3 is 0 Å². The SMILES string of the molecule is CNS(=O)(=O)N1CCC(C)C1C. The van der Waals surface area contributed by atoms with E-state index in [1.54, 1.807) is 0 Å². The van der Waals surface area contributed by atoms with Gasteiger partial charge in [0.2, 0.25) is 0 Å². The first-order chi connectivity index (χ1) is 5.49. The minimum absolute atomic E-state index is 0.127. The van der Waals surface area contributed by atoms with Crippen LogP contribution in [0.4, 0.5) is 0 Å². The van der Waals surface area contributed by atoms with Crippen molar-refractivity contribution < 1.29 is 8.42 Å². The maximum atomic E-state index is 11.4. The average Bonchev–Trinajstić information content (AvgIpc) is 2.33. The molecule has 0 aromatic rings. The van der Waals surface area contributed by atoms with Crippen molar-refractivity contribution in [2.24, 2.45) is 5.92 Å². The second-order valence-corrected chi connectivity index (χ2v) is 5.15. The maximum Gasteiger partial charge on any atom is 0.279 e. The second kappa shape index (κ2) is 3.32. The summed E-state index contributed by atoms with van der Waals surface area (Å²) < 4.78 is 26.6. The zero-order valence-corrected chi connectivity index (χ0v) is 8.56. The summed E-state index contributed by atoms with van der Waals surface area (Å²) in [5.74, 6) is 0.466. The Hall–Kier alpha value is -0.130. The van der Waals surface area contributed by atoms with Crippen molar-refractivity contribution in [2.75, 3.05) is 13.6 Å². The third-order valence-corrected chi connectivity index (χ3v) is 4.30. The molecule has 1 aliphatic heterocycles. The normalized spacial score (nSPS) is 32.6. The summed E-state index contributed by atoms with van der Waals surface area (Å²) >= 11 is 0. The molecule has 1 aliphatic rings. The smallest absolute Gasteiger partial charge is 0.205 e. The third-order valence-electron chi connectivity index (χ3n) is 2.65. The number of hydrogen-bond donors (Lipinski definition) is 1. The molecule has 2 atom stereocenters. The van der Waals surface area contributed by atoms with Gasteiger partial charge in [0.25, 0.3) is 10.2 Å². The van der Waals surface area contributed by atoms with Crippen LogP contribution in [0.1, 0.15) is 20.3 Å². The molecule has 5 heteroatoms. The van der Waals surface area contributed by atoms with Gasteiger partial charge in [-0.25, -0.2) is 4.72 Å². The second-order valence-electron chi connectivity index (χ2n) is 3.33. The van der Waals surface area contributed by atoms with Crippen LogP contribution in [0.3, 0.4) is 0 Å². The lowest BCUT2D eigenvalue weighted by molar-refractivity contribution is 0.368. The summed E-state index contributed by atoms with van der Waals surface area (Å²) in [6.45, 7) is 4.67. The van der Waals surface area contributed by atoms with Crippen LogP contribution in [0, 0.1) is 5.92 Å². The van der Waals surface area contributed by atoms with Gasteiger partial charge in [0.1, 0.15) is 0 Å². The lowest BCUT2D eigenvalue weighted by atomic mass is 10.1. The van der Waals surface area contributed by atoms with Crippen LogP contribution in [-0.4, -0.2) is 32.4 Å². The van der Waals surface area contributed by atoms with E-state index in [0.29, 0.717) is 12.5 Å². The van der Waals surface area contributed by atoms with Gasteiger partial charge in [-0.1, -0.05) is 6.92 Å². The Bertz CT molecular complexity index is 250. The number of nitrogens with zero attached hydrogens (tertiary/aromatic N) is 1. The standard InChI is InChI=1S/C7H16N2O2S/c1-6-4-5-9(7(6)2)12(10,11)8-3/h6-8H,4-5H2,1-3H3. The monoisotopic (exact) mass is 192 g/mol. The average molecular weight is 192 g/mol. The Kier molecular flexibility index (Phi) is 2.75. The molecule has 0 saturated carbocycles. The summed E-state index contributed by atoms with van der Waals surface area (Å²) in [5, 5.41) is 0. The van der Waals surface area contributed by atoms with E-state index in [4.69, 9.17) is 0 Å². The van der Waals surface area contributed by atoms with Crippen LogP contribution in [0.15, 0.2) is 0 Å². The highest BCUT2D eigenvalue weighted by Crippen LogP contribution is 2.24. The molecule has 72 valence electrons. The van der Waals surface area contributed by atoms with E-state index in [9.17, 15) is 8.42 Å². The fourth-order valence-corrected chi connectivity index (χ4v) is 2.74. The molecule has 2 unspecified atom stereocenters. The van der Waals surface area contributed by atoms with Crippen molar-refractivity contribution in [3.05, 3.63) is 0 Å². The maximum absolute atomic E-state index is 11.4. The van der Waals surface area contributed by atoms with E-state index in [-0.39, 0.29) is 6.04 Å². The Balaban J connectivity index is 2.79. The Morgan fingerprint density at radius 2 is 2.00 bits per heavy atom. The molecule has 12 heavy (non-hydrogen) atoms. The summed E-state index contributed by atoms with van der Waals surface area (Å²) in [6.07, 6.45) is 0.960. The molecule has 1 N–H and O–H groups in total. The molecule has 0 aliphatic carbocycles. The molecule has 0 amide bonds. The molecular weight excluding hydrogens is 176 g/mol. The van der Waals surface area contributed by atoms with Gasteiger partial charge in [-0.3, -0.25) is 0 Å². The molecule has 1 rings (SSSR count). The van der Waals surface area contributed by atoms with Crippen molar-refractivity contribution in [1.82, 2.24) is 9.03 Å². The molecule has 1 fully saturated rings. The fraction of sp³-hybridized carbons (Fsp3) is 1.00. The summed E-state index contributed by atoms with van der Waals surface area (Å²) in [6, 6.07) is 0.127. The van der Waals surface area contributed by atoms with Crippen LogP contribution < -0.4 is 4.72 Å². The Labute approximate surface area is 74.1 Å². The summed E-state index contributed by atoms with van der Waals surface area (Å²) in [7, 11) is -1.75. The number of hydrogen-bond acceptors (Lipinski definition) is 2. The lowest BCUT2D eigenvalue weighted by Crippen LogP contribution is -2.41. The first-order valence-corrected chi connectivity index (χ1v) is 5.63. The van der Waals surface area contributed by atoms with Gasteiger partial charge in [-0.05, 0) is 19.3 Å². The fourth-order valence-electron chi connectivity index (χ4n) is 1.52. The highest BCUT2D eigenvalue weighted by Gasteiger charge is 2.34. The topological polar surface area (TPSA) is 49.4 Å². The Morgan fingerprint density at radius 3 is 2.33 bits per heavy atom. The molecule has 0 aromatic heterocycles. The lowest BCUT2D eigenvalue weighted by Gasteiger charge is -2.21. The van der Waals surface area contributed by atoms with Crippen molar-refractivity contribution in [3.63, 3.8) is 0 Å². The van der Waals surface area contributed by atoms with Gasteiger partial charge in [-0.15, -0.1) is 0 Å². The van der Waals surface area contributed by atoms with Crippen molar-refractivity contribution >= 4 is 10.2 Å². The van der Waals surface area contributed by atoms with Crippen LogP contribution in [0.5, 0.6) is 0 Å². The Morgan fingerprint density at radius 1 is 1.42 bits per heavy atom. The van der Waals surface area contributed by atoms with Crippen molar-refractivity contribution in [2.45, 2.75) is 26.3 Å². The molecule has 1 saturated heterocycles. The molecule has 0 bridgehead atoms. The van der Waals surface area contributed by atoms with Crippen molar-refractivity contribution in [3.8, 4) is 0 Å². The summed E-state index contributed by atoms with van der Waals surface area (Å²) in [5.41, 5.74) is 0. The zero-order valence-electron chi connectivity index (χ0n) is 7.74. The number of rotatable bonds is 2. The van der Waals surface area contributed by atoms with Gasteiger partial charge in [0.15, 0.2) is 0 Å². The predicted octanol–water partition coefficient (Wildman–Crippen LogP) is 0.181. The van der Waals surface area contributed by atoms with E-state index in [1.165, 1.54) is 11.4 Å². The molecule has 0 spiro atoms. The van der Waals surface area contributed by atoms with E-state index < -0.39 is 10.2 Å². The molecule has 0 aromatic carbocycles. The van der Waals surface area contributed by atoms with Crippen LogP contribution >= 0.6 is 0 Å². The molecule has 1 heterocycles.